The quantitative estimate of drug-likeness (QED) is 0.209. The van der Waals surface area contributed by atoms with Gasteiger partial charge in [0.25, 0.3) is 0 Å². The van der Waals surface area contributed by atoms with Crippen LogP contribution in [0.25, 0.3) is 44.3 Å². The minimum absolute atomic E-state index is 0.258. The van der Waals surface area contributed by atoms with Crippen LogP contribution in [0.2, 0.25) is 0 Å². The molecule has 2 nitrogen and oxygen atoms in total. The number of pyridine rings is 1. The first kappa shape index (κ1) is 24.8. The third kappa shape index (κ3) is 4.21. The second-order valence-corrected chi connectivity index (χ2v) is 11.3. The van der Waals surface area contributed by atoms with Crippen molar-refractivity contribution < 1.29 is 13.4 Å². The van der Waals surface area contributed by atoms with Crippen molar-refractivity contribution in [2.75, 3.05) is 0 Å². The molecule has 2 heterocycles. The van der Waals surface area contributed by atoms with E-state index in [1.54, 1.807) is 6.07 Å². The topological polar surface area (TPSA) is 17.0 Å². The Hall–Kier alpha value is -4.24. The first-order chi connectivity index (χ1) is 19.6. The van der Waals surface area contributed by atoms with Gasteiger partial charge < -0.3 is 4.42 Å². The predicted octanol–water partition coefficient (Wildman–Crippen LogP) is 9.63. The van der Waals surface area contributed by atoms with Crippen LogP contribution in [0.5, 0.6) is 0 Å². The highest BCUT2D eigenvalue weighted by molar-refractivity contribution is 6.13. The maximum Gasteiger partial charge on any atom is 0.216 e. The smallest absolute Gasteiger partial charge is 0.216 e. The molecule has 1 fully saturated rings. The normalized spacial score (nSPS) is 17.5. The lowest BCUT2D eigenvalue weighted by atomic mass is 9.76. The van der Waals surface area contributed by atoms with E-state index in [1.165, 1.54) is 36.8 Å². The number of aromatic nitrogens is 1. The molecule has 0 N–H and O–H groups in total. The van der Waals surface area contributed by atoms with E-state index in [9.17, 15) is 0 Å². The first-order valence-corrected chi connectivity index (χ1v) is 14.3. The fraction of sp³-hybridized carbons (Fsp3) is 0.216. The van der Waals surface area contributed by atoms with E-state index in [0.717, 1.165) is 38.7 Å². The highest BCUT2D eigenvalue weighted by Crippen LogP contribution is 2.43. The Bertz CT molecular complexity index is 1830. The van der Waals surface area contributed by atoms with Gasteiger partial charge in [-0.2, -0.15) is 0 Å². The molecular formula is C37H33FNO+. The maximum absolute atomic E-state index is 15.5. The zero-order valence-electron chi connectivity index (χ0n) is 23.0. The van der Waals surface area contributed by atoms with Crippen molar-refractivity contribution in [2.45, 2.75) is 44.4 Å². The average molecular weight is 527 g/mol. The summed E-state index contributed by atoms with van der Waals surface area (Å²) in [5.41, 5.74) is 8.85. The van der Waals surface area contributed by atoms with Crippen molar-refractivity contribution in [3.63, 3.8) is 0 Å². The summed E-state index contributed by atoms with van der Waals surface area (Å²) in [4.78, 5) is 0. The molecule has 0 atom stereocenters. The van der Waals surface area contributed by atoms with Gasteiger partial charge in [0.1, 0.15) is 24.0 Å². The molecule has 3 heteroatoms. The van der Waals surface area contributed by atoms with Crippen LogP contribution >= 0.6 is 0 Å². The van der Waals surface area contributed by atoms with Gasteiger partial charge in [0.15, 0.2) is 6.20 Å². The SMILES string of the molecule is Cc1ccc2c(oc3c(-c4ccc(C5CCC(c6ccccc6)CC5)cc4)c(F)ccc32)c1-c1cccc[n+]1C. The second-order valence-electron chi connectivity index (χ2n) is 11.3. The van der Waals surface area contributed by atoms with E-state index in [2.05, 4.69) is 84.3 Å². The second kappa shape index (κ2) is 10.1. The molecule has 4 aromatic carbocycles. The van der Waals surface area contributed by atoms with Crippen LogP contribution < -0.4 is 4.57 Å². The molecule has 1 aliphatic carbocycles. The summed E-state index contributed by atoms with van der Waals surface area (Å²) in [6.45, 7) is 2.10. The third-order valence-corrected chi connectivity index (χ3v) is 8.95. The number of benzene rings is 4. The van der Waals surface area contributed by atoms with Gasteiger partial charge in [-0.1, -0.05) is 66.7 Å². The minimum Gasteiger partial charge on any atom is -0.454 e. The van der Waals surface area contributed by atoms with Crippen molar-refractivity contribution in [1.82, 2.24) is 0 Å². The Morgan fingerprint density at radius 3 is 1.93 bits per heavy atom. The Labute approximate surface area is 234 Å². The third-order valence-electron chi connectivity index (χ3n) is 8.95. The number of aryl methyl sites for hydroxylation is 2. The molecule has 0 amide bonds. The van der Waals surface area contributed by atoms with Crippen molar-refractivity contribution in [3.8, 4) is 22.4 Å². The van der Waals surface area contributed by atoms with Gasteiger partial charge in [-0.25, -0.2) is 8.96 Å². The van der Waals surface area contributed by atoms with E-state index in [1.807, 2.05) is 31.4 Å². The standard InChI is InChI=1S/C37H33FNO/c1-24-11-20-30-31-21-22-32(38)35(37(31)40-36(30)34(24)33-10-6-7-23-39(33)2)29-18-16-28(17-19-29)27-14-12-26(13-15-27)25-8-4-3-5-9-25/h3-11,16-23,26-27H,12-15H2,1-2H3/q+1. The van der Waals surface area contributed by atoms with Gasteiger partial charge in [0.2, 0.25) is 5.69 Å². The largest absolute Gasteiger partial charge is 0.454 e. The molecule has 0 unspecified atom stereocenters. The van der Waals surface area contributed by atoms with Gasteiger partial charge in [-0.15, -0.1) is 0 Å². The molecule has 0 radical (unpaired) electrons. The molecule has 0 aliphatic heterocycles. The zero-order valence-corrected chi connectivity index (χ0v) is 23.0. The highest BCUT2D eigenvalue weighted by atomic mass is 19.1. The van der Waals surface area contributed by atoms with Gasteiger partial charge >= 0.3 is 0 Å². The zero-order chi connectivity index (χ0) is 27.2. The molecule has 6 aromatic rings. The summed E-state index contributed by atoms with van der Waals surface area (Å²) in [6, 6.07) is 33.3. The van der Waals surface area contributed by atoms with Crippen molar-refractivity contribution >= 4 is 21.9 Å². The molecule has 0 bridgehead atoms. The Kier molecular flexibility index (Phi) is 6.23. The lowest BCUT2D eigenvalue weighted by Gasteiger charge is -2.29. The number of halogens is 1. The molecule has 0 spiro atoms. The first-order valence-electron chi connectivity index (χ1n) is 14.3. The lowest BCUT2D eigenvalue weighted by Crippen LogP contribution is -2.30. The molecule has 7 rings (SSSR count). The molecule has 1 aliphatic rings. The Balaban J connectivity index is 1.25. The molecule has 40 heavy (non-hydrogen) atoms. The molecule has 198 valence electrons. The molecule has 1 saturated carbocycles. The number of nitrogens with zero attached hydrogens (tertiary/aromatic N) is 1. The van der Waals surface area contributed by atoms with E-state index in [0.29, 0.717) is 23.0 Å². The van der Waals surface area contributed by atoms with Crippen LogP contribution in [-0.2, 0) is 7.05 Å². The molecule has 0 saturated heterocycles. The van der Waals surface area contributed by atoms with Crippen molar-refractivity contribution in [3.05, 3.63) is 126 Å². The van der Waals surface area contributed by atoms with Crippen LogP contribution in [0.3, 0.4) is 0 Å². The Morgan fingerprint density at radius 1 is 0.650 bits per heavy atom. The monoisotopic (exact) mass is 526 g/mol. The van der Waals surface area contributed by atoms with Crippen LogP contribution in [0, 0.1) is 12.7 Å². The average Bonchev–Trinajstić information content (AvgIpc) is 3.37. The predicted molar refractivity (Wildman–Crippen MR) is 161 cm³/mol. The lowest BCUT2D eigenvalue weighted by molar-refractivity contribution is -0.660. The van der Waals surface area contributed by atoms with Crippen LogP contribution in [0.1, 0.15) is 54.2 Å². The van der Waals surface area contributed by atoms with Gasteiger partial charge in [0.05, 0.1) is 11.1 Å². The number of hydrogen-bond acceptors (Lipinski definition) is 1. The van der Waals surface area contributed by atoms with E-state index >= 15 is 4.39 Å². The van der Waals surface area contributed by atoms with Gasteiger partial charge in [0, 0.05) is 22.9 Å². The van der Waals surface area contributed by atoms with Gasteiger partial charge in [-0.05, 0) is 84.9 Å². The fourth-order valence-electron chi connectivity index (χ4n) is 6.76. The number of rotatable bonds is 4. The summed E-state index contributed by atoms with van der Waals surface area (Å²) < 4.78 is 24.2. The highest BCUT2D eigenvalue weighted by Gasteiger charge is 2.25. The number of fused-ring (bicyclic) bond motifs is 3. The fourth-order valence-corrected chi connectivity index (χ4v) is 6.76. The summed E-state index contributed by atoms with van der Waals surface area (Å²) in [7, 11) is 2.04. The summed E-state index contributed by atoms with van der Waals surface area (Å²) in [5, 5.41) is 1.95. The number of furan rings is 1. The van der Waals surface area contributed by atoms with Gasteiger partial charge in [-0.3, -0.25) is 0 Å². The van der Waals surface area contributed by atoms with Crippen LogP contribution in [0.15, 0.2) is 108 Å². The number of hydrogen-bond donors (Lipinski definition) is 0. The summed E-state index contributed by atoms with van der Waals surface area (Å²) >= 11 is 0. The van der Waals surface area contributed by atoms with Crippen molar-refractivity contribution in [2.24, 2.45) is 7.05 Å². The van der Waals surface area contributed by atoms with E-state index in [-0.39, 0.29) is 5.82 Å². The van der Waals surface area contributed by atoms with Crippen LogP contribution in [-0.4, -0.2) is 0 Å². The molecule has 2 aromatic heterocycles. The maximum atomic E-state index is 15.5. The van der Waals surface area contributed by atoms with E-state index < -0.39 is 0 Å². The van der Waals surface area contributed by atoms with E-state index in [4.69, 9.17) is 4.42 Å². The van der Waals surface area contributed by atoms with Crippen LogP contribution in [0.4, 0.5) is 4.39 Å². The summed E-state index contributed by atoms with van der Waals surface area (Å²) in [6.07, 6.45) is 6.84. The summed E-state index contributed by atoms with van der Waals surface area (Å²) in [5.74, 6) is 0.951. The molecular weight excluding hydrogens is 493 g/mol. The van der Waals surface area contributed by atoms with Crippen molar-refractivity contribution in [1.29, 1.82) is 0 Å². The Morgan fingerprint density at radius 2 is 1.25 bits per heavy atom. The minimum atomic E-state index is -0.258.